The summed E-state index contributed by atoms with van der Waals surface area (Å²) in [5.74, 6) is -0.990. The first-order valence-electron chi connectivity index (χ1n) is 5.96. The average Bonchev–Trinajstić information content (AvgIpc) is 2.45. The zero-order chi connectivity index (χ0) is 15.2. The van der Waals surface area contributed by atoms with Crippen molar-refractivity contribution in [2.75, 3.05) is 19.8 Å². The molecule has 0 heterocycles. The summed E-state index contributed by atoms with van der Waals surface area (Å²) in [5, 5.41) is 20.6. The highest BCUT2D eigenvalue weighted by molar-refractivity contribution is 5.95. The van der Waals surface area contributed by atoms with Crippen LogP contribution < -0.4 is 15.8 Å². The molecular formula is C13H18N2O5. The summed E-state index contributed by atoms with van der Waals surface area (Å²) in [6.45, 7) is 0.308. The average molecular weight is 282 g/mol. The standard InChI is InChI=1S/C13H18N2O5/c1-13(7-16,8-17)15-11(18)6-20-10-5-3-2-4-9(10)12(14)19/h2-5,16-17H,6-8H2,1H3,(H2,14,19)(H,15,18). The SMILES string of the molecule is CC(CO)(CO)NC(=O)COc1ccccc1C(N)=O. The zero-order valence-electron chi connectivity index (χ0n) is 11.1. The lowest BCUT2D eigenvalue weighted by atomic mass is 10.1. The van der Waals surface area contributed by atoms with Gasteiger partial charge in [-0.15, -0.1) is 0 Å². The van der Waals surface area contributed by atoms with Gasteiger partial charge in [-0.2, -0.15) is 0 Å². The van der Waals surface area contributed by atoms with E-state index in [1.165, 1.54) is 19.1 Å². The van der Waals surface area contributed by atoms with Crippen LogP contribution in [-0.2, 0) is 4.79 Å². The minimum Gasteiger partial charge on any atom is -0.483 e. The molecule has 110 valence electrons. The summed E-state index contributed by atoms with van der Waals surface area (Å²) < 4.78 is 5.22. The van der Waals surface area contributed by atoms with Crippen LogP contribution in [0.1, 0.15) is 17.3 Å². The number of hydrogen-bond acceptors (Lipinski definition) is 5. The molecule has 0 fully saturated rings. The van der Waals surface area contributed by atoms with E-state index >= 15 is 0 Å². The van der Waals surface area contributed by atoms with E-state index < -0.39 is 30.6 Å². The Morgan fingerprint density at radius 1 is 1.30 bits per heavy atom. The van der Waals surface area contributed by atoms with E-state index in [2.05, 4.69) is 5.32 Å². The molecule has 0 aliphatic carbocycles. The van der Waals surface area contributed by atoms with Crippen LogP contribution in [0.4, 0.5) is 0 Å². The van der Waals surface area contributed by atoms with Crippen LogP contribution in [0.5, 0.6) is 5.75 Å². The first-order valence-corrected chi connectivity index (χ1v) is 5.96. The number of nitrogens with two attached hydrogens (primary N) is 1. The van der Waals surface area contributed by atoms with Gasteiger partial charge in [-0.1, -0.05) is 12.1 Å². The third kappa shape index (κ3) is 4.22. The topological polar surface area (TPSA) is 122 Å². The lowest BCUT2D eigenvalue weighted by molar-refractivity contribution is -0.126. The van der Waals surface area contributed by atoms with E-state index in [1.807, 2.05) is 0 Å². The fourth-order valence-electron chi connectivity index (χ4n) is 1.44. The number of rotatable bonds is 7. The van der Waals surface area contributed by atoms with Crippen LogP contribution in [0.15, 0.2) is 24.3 Å². The normalized spacial score (nSPS) is 10.9. The number of hydrogen-bond donors (Lipinski definition) is 4. The maximum Gasteiger partial charge on any atom is 0.258 e. The Bertz CT molecular complexity index is 485. The quantitative estimate of drug-likeness (QED) is 0.512. The second-order valence-electron chi connectivity index (χ2n) is 4.57. The van der Waals surface area contributed by atoms with E-state index in [0.29, 0.717) is 0 Å². The largest absolute Gasteiger partial charge is 0.483 e. The number of aliphatic hydroxyl groups is 2. The maximum absolute atomic E-state index is 11.7. The Labute approximate surface area is 116 Å². The van der Waals surface area contributed by atoms with Crippen molar-refractivity contribution >= 4 is 11.8 Å². The van der Waals surface area contributed by atoms with Crippen LogP contribution in [0, 0.1) is 0 Å². The first kappa shape index (κ1) is 15.9. The number of aliphatic hydroxyl groups excluding tert-OH is 2. The molecule has 1 aromatic carbocycles. The highest BCUT2D eigenvalue weighted by Crippen LogP contribution is 2.16. The Balaban J connectivity index is 2.64. The number of ether oxygens (including phenoxy) is 1. The number of benzene rings is 1. The van der Waals surface area contributed by atoms with E-state index in [0.717, 1.165) is 0 Å². The number of amides is 2. The smallest absolute Gasteiger partial charge is 0.258 e. The summed E-state index contributed by atoms with van der Waals surface area (Å²) in [7, 11) is 0. The molecule has 0 spiro atoms. The first-order chi connectivity index (χ1) is 9.41. The molecule has 0 radical (unpaired) electrons. The molecule has 1 aromatic rings. The van der Waals surface area contributed by atoms with Crippen LogP contribution in [0.25, 0.3) is 0 Å². The zero-order valence-corrected chi connectivity index (χ0v) is 11.1. The molecule has 0 aliphatic heterocycles. The molecule has 0 atom stereocenters. The Morgan fingerprint density at radius 2 is 1.90 bits per heavy atom. The van der Waals surface area contributed by atoms with Crippen molar-refractivity contribution in [3.63, 3.8) is 0 Å². The monoisotopic (exact) mass is 282 g/mol. The molecule has 0 saturated heterocycles. The van der Waals surface area contributed by atoms with Gasteiger partial charge < -0.3 is 26.0 Å². The van der Waals surface area contributed by atoms with Gasteiger partial charge in [0, 0.05) is 0 Å². The van der Waals surface area contributed by atoms with E-state index in [4.69, 9.17) is 20.7 Å². The van der Waals surface area contributed by atoms with Gasteiger partial charge in [0.2, 0.25) is 0 Å². The maximum atomic E-state index is 11.7. The van der Waals surface area contributed by atoms with Gasteiger partial charge in [0.15, 0.2) is 6.61 Å². The molecule has 7 heteroatoms. The van der Waals surface area contributed by atoms with Gasteiger partial charge in [0.25, 0.3) is 11.8 Å². The Hall–Kier alpha value is -2.12. The molecule has 5 N–H and O–H groups in total. The van der Waals surface area contributed by atoms with Crippen molar-refractivity contribution < 1.29 is 24.5 Å². The molecule has 1 rings (SSSR count). The van der Waals surface area contributed by atoms with Crippen molar-refractivity contribution in [3.8, 4) is 5.75 Å². The number of carbonyl (C=O) groups excluding carboxylic acids is 2. The highest BCUT2D eigenvalue weighted by Gasteiger charge is 2.24. The summed E-state index contributed by atoms with van der Waals surface area (Å²) >= 11 is 0. The van der Waals surface area contributed by atoms with Crippen LogP contribution >= 0.6 is 0 Å². The number of carbonyl (C=O) groups is 2. The summed E-state index contributed by atoms with van der Waals surface area (Å²) in [5.41, 5.74) is 4.23. The van der Waals surface area contributed by atoms with Gasteiger partial charge in [-0.3, -0.25) is 9.59 Å². The van der Waals surface area contributed by atoms with Crippen molar-refractivity contribution in [2.45, 2.75) is 12.5 Å². The van der Waals surface area contributed by atoms with Crippen molar-refractivity contribution in [1.29, 1.82) is 0 Å². The molecular weight excluding hydrogens is 264 g/mol. The fourth-order valence-corrected chi connectivity index (χ4v) is 1.44. The molecule has 0 unspecified atom stereocenters. The van der Waals surface area contributed by atoms with Crippen LogP contribution in [-0.4, -0.2) is 47.4 Å². The van der Waals surface area contributed by atoms with E-state index in [-0.39, 0.29) is 17.9 Å². The van der Waals surface area contributed by atoms with Crippen molar-refractivity contribution in [2.24, 2.45) is 5.73 Å². The predicted octanol–water partition coefficient (Wildman–Crippen LogP) is -0.976. The van der Waals surface area contributed by atoms with Crippen LogP contribution in [0.3, 0.4) is 0 Å². The lowest BCUT2D eigenvalue weighted by Gasteiger charge is -2.26. The Kier molecular flexibility index (Phi) is 5.48. The molecule has 0 aromatic heterocycles. The van der Waals surface area contributed by atoms with Crippen molar-refractivity contribution in [3.05, 3.63) is 29.8 Å². The molecule has 0 aliphatic rings. The summed E-state index contributed by atoms with van der Waals surface area (Å²) in [6, 6.07) is 6.28. The minimum atomic E-state index is -1.12. The second kappa shape index (κ2) is 6.88. The van der Waals surface area contributed by atoms with Gasteiger partial charge >= 0.3 is 0 Å². The molecule has 7 nitrogen and oxygen atoms in total. The highest BCUT2D eigenvalue weighted by atomic mass is 16.5. The Morgan fingerprint density at radius 3 is 2.45 bits per heavy atom. The summed E-state index contributed by atoms with van der Waals surface area (Å²) in [4.78, 5) is 22.8. The molecule has 0 saturated carbocycles. The van der Waals surface area contributed by atoms with Gasteiger partial charge in [-0.05, 0) is 19.1 Å². The van der Waals surface area contributed by atoms with Gasteiger partial charge in [0.1, 0.15) is 5.75 Å². The number of nitrogens with one attached hydrogen (secondary N) is 1. The van der Waals surface area contributed by atoms with Gasteiger partial charge in [0.05, 0.1) is 24.3 Å². The van der Waals surface area contributed by atoms with Crippen molar-refractivity contribution in [1.82, 2.24) is 5.32 Å². The van der Waals surface area contributed by atoms with Gasteiger partial charge in [-0.25, -0.2) is 0 Å². The molecule has 0 bridgehead atoms. The molecule has 2 amide bonds. The minimum absolute atomic E-state index is 0.173. The predicted molar refractivity (Wildman–Crippen MR) is 71.2 cm³/mol. The lowest BCUT2D eigenvalue weighted by Crippen LogP contribution is -2.53. The third-order valence-electron chi connectivity index (χ3n) is 2.65. The number of para-hydroxylation sites is 1. The van der Waals surface area contributed by atoms with E-state index in [1.54, 1.807) is 12.1 Å². The number of primary amides is 1. The molecule has 20 heavy (non-hydrogen) atoms. The fraction of sp³-hybridized carbons (Fsp3) is 0.385. The third-order valence-corrected chi connectivity index (χ3v) is 2.65. The second-order valence-corrected chi connectivity index (χ2v) is 4.57. The summed E-state index contributed by atoms with van der Waals surface area (Å²) in [6.07, 6.45) is 0. The van der Waals surface area contributed by atoms with E-state index in [9.17, 15) is 9.59 Å². The van der Waals surface area contributed by atoms with Crippen LogP contribution in [0.2, 0.25) is 0 Å².